The van der Waals surface area contributed by atoms with Gasteiger partial charge in [0.1, 0.15) is 0 Å². The molecule has 2 bridgehead atoms. The van der Waals surface area contributed by atoms with E-state index in [4.69, 9.17) is 17.3 Å². The number of hydrogen-bond donors (Lipinski definition) is 1. The standard InChI is InChI=1S/C14H17ClN2O/c15-10-1-2-11(14(16)18)12(7-10)13-8-17-5-3-9(13)4-6-17/h1-2,7,9,13H,3-6,8H2,(H2,16,18). The second-order valence-electron chi connectivity index (χ2n) is 5.34. The molecule has 1 aromatic carbocycles. The summed E-state index contributed by atoms with van der Waals surface area (Å²) in [4.78, 5) is 14.0. The van der Waals surface area contributed by atoms with Crippen LogP contribution in [0.2, 0.25) is 5.02 Å². The van der Waals surface area contributed by atoms with E-state index >= 15 is 0 Å². The lowest BCUT2D eigenvalue weighted by atomic mass is 9.74. The highest BCUT2D eigenvalue weighted by atomic mass is 35.5. The van der Waals surface area contributed by atoms with E-state index in [0.717, 1.165) is 12.1 Å². The van der Waals surface area contributed by atoms with Crippen LogP contribution in [0.4, 0.5) is 0 Å². The number of carbonyl (C=O) groups is 1. The second kappa shape index (κ2) is 4.56. The number of nitrogens with zero attached hydrogens (tertiary/aromatic N) is 1. The number of nitrogens with two attached hydrogens (primary N) is 1. The van der Waals surface area contributed by atoms with Crippen molar-refractivity contribution in [1.29, 1.82) is 0 Å². The molecule has 18 heavy (non-hydrogen) atoms. The van der Waals surface area contributed by atoms with Gasteiger partial charge in [0.15, 0.2) is 0 Å². The third-order valence-corrected chi connectivity index (χ3v) is 4.57. The number of benzene rings is 1. The summed E-state index contributed by atoms with van der Waals surface area (Å²) in [5.74, 6) is 0.735. The van der Waals surface area contributed by atoms with Crippen molar-refractivity contribution in [2.45, 2.75) is 18.8 Å². The second-order valence-corrected chi connectivity index (χ2v) is 5.78. The Labute approximate surface area is 112 Å². The van der Waals surface area contributed by atoms with Crippen LogP contribution in [-0.4, -0.2) is 30.4 Å². The van der Waals surface area contributed by atoms with E-state index in [2.05, 4.69) is 4.90 Å². The van der Waals surface area contributed by atoms with Gasteiger partial charge in [0.2, 0.25) is 5.91 Å². The topological polar surface area (TPSA) is 46.3 Å². The van der Waals surface area contributed by atoms with Crippen LogP contribution in [0.25, 0.3) is 0 Å². The van der Waals surface area contributed by atoms with Crippen LogP contribution in [0.3, 0.4) is 0 Å². The summed E-state index contributed by atoms with van der Waals surface area (Å²) in [6.07, 6.45) is 2.44. The summed E-state index contributed by atoms with van der Waals surface area (Å²) in [5, 5.41) is 0.687. The number of rotatable bonds is 2. The molecule has 4 rings (SSSR count). The summed E-state index contributed by atoms with van der Waals surface area (Å²) in [6.45, 7) is 3.41. The van der Waals surface area contributed by atoms with Gasteiger partial charge in [-0.2, -0.15) is 0 Å². The SMILES string of the molecule is NC(=O)c1ccc(Cl)cc1C1CN2CCC1CC2. The van der Waals surface area contributed by atoms with E-state index in [1.54, 1.807) is 12.1 Å². The first-order valence-corrected chi connectivity index (χ1v) is 6.84. The van der Waals surface area contributed by atoms with Crippen LogP contribution in [-0.2, 0) is 0 Å². The van der Waals surface area contributed by atoms with Gasteiger partial charge in [0, 0.05) is 23.0 Å². The third kappa shape index (κ3) is 2.02. The number of carbonyl (C=O) groups excluding carboxylic acids is 1. The Morgan fingerprint density at radius 3 is 2.61 bits per heavy atom. The Bertz CT molecular complexity index is 481. The molecule has 2 N–H and O–H groups in total. The van der Waals surface area contributed by atoms with Gasteiger partial charge < -0.3 is 10.6 Å². The lowest BCUT2D eigenvalue weighted by Crippen LogP contribution is -2.46. The highest BCUT2D eigenvalue weighted by molar-refractivity contribution is 6.30. The lowest BCUT2D eigenvalue weighted by Gasteiger charge is -2.45. The van der Waals surface area contributed by atoms with Crippen molar-refractivity contribution in [3.8, 4) is 0 Å². The molecule has 0 aromatic heterocycles. The van der Waals surface area contributed by atoms with Gasteiger partial charge in [-0.1, -0.05) is 11.6 Å². The van der Waals surface area contributed by atoms with Gasteiger partial charge in [-0.15, -0.1) is 0 Å². The largest absolute Gasteiger partial charge is 0.366 e. The predicted molar refractivity (Wildman–Crippen MR) is 71.9 cm³/mol. The van der Waals surface area contributed by atoms with Crippen molar-refractivity contribution >= 4 is 17.5 Å². The number of piperidine rings is 3. The fraction of sp³-hybridized carbons (Fsp3) is 0.500. The maximum Gasteiger partial charge on any atom is 0.248 e. The minimum Gasteiger partial charge on any atom is -0.366 e. The molecule has 1 aromatic rings. The molecular weight excluding hydrogens is 248 g/mol. The molecule has 3 aliphatic heterocycles. The predicted octanol–water partition coefficient (Wildman–Crippen LogP) is 2.25. The van der Waals surface area contributed by atoms with E-state index in [-0.39, 0.29) is 5.91 Å². The lowest BCUT2D eigenvalue weighted by molar-refractivity contribution is 0.0856. The monoisotopic (exact) mass is 264 g/mol. The normalized spacial score (nSPS) is 30.4. The first kappa shape index (κ1) is 12.0. The molecule has 1 atom stereocenters. The van der Waals surface area contributed by atoms with Crippen molar-refractivity contribution in [2.75, 3.05) is 19.6 Å². The maximum absolute atomic E-state index is 11.5. The molecule has 1 unspecified atom stereocenters. The van der Waals surface area contributed by atoms with Crippen LogP contribution >= 0.6 is 11.6 Å². The number of primary amides is 1. The molecule has 3 aliphatic rings. The Balaban J connectivity index is 2.00. The molecule has 4 heteroatoms. The fourth-order valence-corrected chi connectivity index (χ4v) is 3.56. The van der Waals surface area contributed by atoms with Crippen LogP contribution in [0.5, 0.6) is 0 Å². The number of hydrogen-bond acceptors (Lipinski definition) is 2. The minimum atomic E-state index is -0.349. The summed E-state index contributed by atoms with van der Waals surface area (Å²) >= 11 is 6.08. The summed E-state index contributed by atoms with van der Waals surface area (Å²) in [7, 11) is 0. The van der Waals surface area contributed by atoms with E-state index in [1.807, 2.05) is 6.07 Å². The van der Waals surface area contributed by atoms with Crippen LogP contribution in [0, 0.1) is 5.92 Å². The minimum absolute atomic E-state index is 0.349. The Hall–Kier alpha value is -1.06. The van der Waals surface area contributed by atoms with Crippen molar-refractivity contribution < 1.29 is 4.79 Å². The zero-order chi connectivity index (χ0) is 12.7. The summed E-state index contributed by atoms with van der Waals surface area (Å²) in [6, 6.07) is 5.43. The quantitative estimate of drug-likeness (QED) is 0.891. The number of fused-ring (bicyclic) bond motifs is 3. The van der Waals surface area contributed by atoms with E-state index in [1.165, 1.54) is 25.9 Å². The molecular formula is C14H17ClN2O. The Morgan fingerprint density at radius 1 is 1.33 bits per heavy atom. The van der Waals surface area contributed by atoms with Gasteiger partial charge in [-0.3, -0.25) is 4.79 Å². The van der Waals surface area contributed by atoms with Crippen molar-refractivity contribution in [3.63, 3.8) is 0 Å². The van der Waals surface area contributed by atoms with Gasteiger partial charge in [-0.25, -0.2) is 0 Å². The molecule has 3 saturated heterocycles. The zero-order valence-electron chi connectivity index (χ0n) is 10.2. The summed E-state index contributed by atoms with van der Waals surface area (Å²) in [5.41, 5.74) is 7.16. The van der Waals surface area contributed by atoms with E-state index < -0.39 is 0 Å². The molecule has 3 fully saturated rings. The van der Waals surface area contributed by atoms with Gasteiger partial charge >= 0.3 is 0 Å². The van der Waals surface area contributed by atoms with Crippen molar-refractivity contribution in [3.05, 3.63) is 34.3 Å². The smallest absolute Gasteiger partial charge is 0.248 e. The highest BCUT2D eigenvalue weighted by Crippen LogP contribution is 2.40. The Kier molecular flexibility index (Phi) is 3.04. The molecule has 0 saturated carbocycles. The fourth-order valence-electron chi connectivity index (χ4n) is 3.38. The molecule has 96 valence electrons. The first-order chi connectivity index (χ1) is 8.65. The molecule has 1 amide bonds. The average molecular weight is 265 g/mol. The van der Waals surface area contributed by atoms with Crippen LogP contribution in [0.15, 0.2) is 18.2 Å². The van der Waals surface area contributed by atoms with E-state index in [9.17, 15) is 4.79 Å². The molecule has 3 nitrogen and oxygen atoms in total. The van der Waals surface area contributed by atoms with E-state index in [0.29, 0.717) is 22.4 Å². The van der Waals surface area contributed by atoms with Gasteiger partial charge in [-0.05, 0) is 55.6 Å². The van der Waals surface area contributed by atoms with Gasteiger partial charge in [0.05, 0.1) is 0 Å². The molecule has 3 heterocycles. The highest BCUT2D eigenvalue weighted by Gasteiger charge is 2.36. The Morgan fingerprint density at radius 2 is 2.06 bits per heavy atom. The summed E-state index contributed by atoms with van der Waals surface area (Å²) < 4.78 is 0. The third-order valence-electron chi connectivity index (χ3n) is 4.33. The number of halogens is 1. The maximum atomic E-state index is 11.5. The average Bonchev–Trinajstić information content (AvgIpc) is 2.39. The first-order valence-electron chi connectivity index (χ1n) is 6.47. The molecule has 0 spiro atoms. The zero-order valence-corrected chi connectivity index (χ0v) is 11.0. The van der Waals surface area contributed by atoms with Gasteiger partial charge in [0.25, 0.3) is 0 Å². The van der Waals surface area contributed by atoms with Crippen molar-refractivity contribution in [1.82, 2.24) is 4.90 Å². The molecule has 0 radical (unpaired) electrons. The molecule has 0 aliphatic carbocycles. The van der Waals surface area contributed by atoms with Crippen LogP contribution < -0.4 is 5.73 Å². The number of amides is 1. The van der Waals surface area contributed by atoms with Crippen LogP contribution in [0.1, 0.15) is 34.7 Å². The van der Waals surface area contributed by atoms with Crippen molar-refractivity contribution in [2.24, 2.45) is 11.7 Å².